The Morgan fingerprint density at radius 3 is 1.43 bits per heavy atom. The Kier molecular flexibility index (Phi) is 7.64. The Morgan fingerprint density at radius 1 is 0.667 bits per heavy atom. The van der Waals surface area contributed by atoms with Crippen LogP contribution in [0.3, 0.4) is 0 Å². The molecule has 2 amide bonds. The van der Waals surface area contributed by atoms with Gasteiger partial charge in [0.25, 0.3) is 11.8 Å². The summed E-state index contributed by atoms with van der Waals surface area (Å²) in [5, 5.41) is 7.94. The molecule has 0 atom stereocenters. The molecule has 0 spiro atoms. The number of halogens is 2. The van der Waals surface area contributed by atoms with E-state index >= 15 is 0 Å². The van der Waals surface area contributed by atoms with Crippen molar-refractivity contribution in [3.63, 3.8) is 0 Å². The van der Waals surface area contributed by atoms with E-state index in [1.807, 2.05) is 36.4 Å². The number of hydrazone groups is 2. The van der Waals surface area contributed by atoms with Gasteiger partial charge in [-0.15, -0.1) is 0 Å². The van der Waals surface area contributed by atoms with Crippen LogP contribution in [-0.2, 0) is 0 Å². The maximum Gasteiger partial charge on any atom is 0.271 e. The first-order chi connectivity index (χ1) is 14.5. The number of amides is 2. The van der Waals surface area contributed by atoms with E-state index in [1.54, 1.807) is 48.8 Å². The van der Waals surface area contributed by atoms with Gasteiger partial charge in [-0.25, -0.2) is 10.9 Å². The number of hydrogen-bond donors (Lipinski definition) is 2. The van der Waals surface area contributed by atoms with Crippen LogP contribution < -0.4 is 10.9 Å². The third-order valence-electron chi connectivity index (χ3n) is 3.87. The van der Waals surface area contributed by atoms with E-state index in [9.17, 15) is 9.59 Å². The average molecular weight is 528 g/mol. The summed E-state index contributed by atoms with van der Waals surface area (Å²) in [5.41, 5.74) is 7.61. The van der Waals surface area contributed by atoms with Crippen LogP contribution in [0.15, 0.2) is 91.9 Å². The molecule has 0 bridgehead atoms. The minimum atomic E-state index is -0.294. The lowest BCUT2D eigenvalue weighted by Gasteiger charge is -2.01. The summed E-state index contributed by atoms with van der Waals surface area (Å²) in [7, 11) is 0. The second-order valence-electron chi connectivity index (χ2n) is 6.09. The number of nitrogens with zero attached hydrogens (tertiary/aromatic N) is 2. The summed E-state index contributed by atoms with van der Waals surface area (Å²) >= 11 is 6.66. The summed E-state index contributed by atoms with van der Waals surface area (Å²) in [6.45, 7) is 0. The van der Waals surface area contributed by atoms with Gasteiger partial charge >= 0.3 is 0 Å². The van der Waals surface area contributed by atoms with Crippen LogP contribution >= 0.6 is 31.9 Å². The highest BCUT2D eigenvalue weighted by molar-refractivity contribution is 9.10. The van der Waals surface area contributed by atoms with E-state index in [4.69, 9.17) is 0 Å². The number of carbonyl (C=O) groups is 2. The van der Waals surface area contributed by atoms with Crippen molar-refractivity contribution in [3.8, 4) is 0 Å². The van der Waals surface area contributed by atoms with Crippen molar-refractivity contribution in [1.29, 1.82) is 0 Å². The summed E-state index contributed by atoms with van der Waals surface area (Å²) in [6.07, 6.45) is 3.09. The predicted octanol–water partition coefficient (Wildman–Crippen LogP) is 4.74. The molecule has 0 saturated carbocycles. The molecule has 0 heterocycles. The third kappa shape index (κ3) is 6.47. The van der Waals surface area contributed by atoms with Crippen LogP contribution in [0.2, 0.25) is 0 Å². The summed E-state index contributed by atoms with van der Waals surface area (Å²) < 4.78 is 1.65. The van der Waals surface area contributed by atoms with Crippen molar-refractivity contribution in [2.24, 2.45) is 10.2 Å². The highest BCUT2D eigenvalue weighted by atomic mass is 79.9. The molecule has 3 rings (SSSR count). The number of benzene rings is 3. The highest BCUT2D eigenvalue weighted by Gasteiger charge is 2.04. The largest absolute Gasteiger partial charge is 0.271 e. The van der Waals surface area contributed by atoms with E-state index < -0.39 is 0 Å². The quantitative estimate of drug-likeness (QED) is 0.358. The Balaban J connectivity index is 1.52. The Bertz CT molecular complexity index is 1020. The van der Waals surface area contributed by atoms with Crippen molar-refractivity contribution in [2.75, 3.05) is 0 Å². The first kappa shape index (κ1) is 21.6. The van der Waals surface area contributed by atoms with Crippen molar-refractivity contribution in [1.82, 2.24) is 10.9 Å². The van der Waals surface area contributed by atoms with Gasteiger partial charge in [0.1, 0.15) is 0 Å². The molecule has 3 aromatic carbocycles. The maximum absolute atomic E-state index is 12.0. The van der Waals surface area contributed by atoms with E-state index in [0.717, 1.165) is 20.1 Å². The van der Waals surface area contributed by atoms with Crippen LogP contribution in [-0.4, -0.2) is 24.2 Å². The second-order valence-corrected chi connectivity index (χ2v) is 7.92. The molecule has 0 unspecified atom stereocenters. The smallest absolute Gasteiger partial charge is 0.267 e. The third-order valence-corrected chi connectivity index (χ3v) is 4.86. The molecule has 150 valence electrons. The van der Waals surface area contributed by atoms with E-state index in [0.29, 0.717) is 11.1 Å². The summed E-state index contributed by atoms with van der Waals surface area (Å²) in [5.74, 6) is -0.588. The Hall–Kier alpha value is -3.10. The standard InChI is InChI=1S/C22H16Br2N4O2/c23-19-5-1-3-17(11-19)21(29)27-25-13-15-7-9-16(10-8-15)14-26-28-22(30)18-4-2-6-20(24)12-18/h1-14H,(H,27,29)(H,28,30). The zero-order valence-electron chi connectivity index (χ0n) is 15.5. The number of nitrogens with one attached hydrogen (secondary N) is 2. The monoisotopic (exact) mass is 526 g/mol. The maximum atomic E-state index is 12.0. The molecule has 0 radical (unpaired) electrons. The predicted molar refractivity (Wildman–Crippen MR) is 125 cm³/mol. The molecule has 0 fully saturated rings. The molecule has 0 aliphatic heterocycles. The normalized spacial score (nSPS) is 11.0. The van der Waals surface area contributed by atoms with Crippen molar-refractivity contribution >= 4 is 56.1 Å². The molecule has 0 saturated heterocycles. The minimum Gasteiger partial charge on any atom is -0.267 e. The lowest BCUT2D eigenvalue weighted by atomic mass is 10.2. The van der Waals surface area contributed by atoms with Gasteiger partial charge in [0.2, 0.25) is 0 Å². The van der Waals surface area contributed by atoms with E-state index in [-0.39, 0.29) is 11.8 Å². The molecular formula is C22H16Br2N4O2. The number of rotatable bonds is 6. The van der Waals surface area contributed by atoms with Gasteiger partial charge in [0, 0.05) is 20.1 Å². The van der Waals surface area contributed by atoms with E-state index in [2.05, 4.69) is 52.9 Å². The lowest BCUT2D eigenvalue weighted by molar-refractivity contribution is 0.0947. The number of hydrogen-bond acceptors (Lipinski definition) is 4. The minimum absolute atomic E-state index is 0.294. The van der Waals surface area contributed by atoms with Crippen LogP contribution in [0, 0.1) is 0 Å². The fraction of sp³-hybridized carbons (Fsp3) is 0. The first-order valence-electron chi connectivity index (χ1n) is 8.79. The number of carbonyl (C=O) groups excluding carboxylic acids is 2. The average Bonchev–Trinajstić information content (AvgIpc) is 2.74. The topological polar surface area (TPSA) is 82.9 Å². The van der Waals surface area contributed by atoms with Gasteiger partial charge in [-0.1, -0.05) is 68.3 Å². The van der Waals surface area contributed by atoms with Gasteiger partial charge in [0.15, 0.2) is 0 Å². The molecule has 30 heavy (non-hydrogen) atoms. The zero-order valence-corrected chi connectivity index (χ0v) is 18.7. The first-order valence-corrected chi connectivity index (χ1v) is 10.4. The van der Waals surface area contributed by atoms with Crippen molar-refractivity contribution in [2.45, 2.75) is 0 Å². The molecule has 3 aromatic rings. The molecular weight excluding hydrogens is 512 g/mol. The van der Waals surface area contributed by atoms with Gasteiger partial charge < -0.3 is 0 Å². The van der Waals surface area contributed by atoms with Crippen LogP contribution in [0.5, 0.6) is 0 Å². The van der Waals surface area contributed by atoms with Crippen LogP contribution in [0.25, 0.3) is 0 Å². The molecule has 2 N–H and O–H groups in total. The fourth-order valence-electron chi connectivity index (χ4n) is 2.39. The van der Waals surface area contributed by atoms with Gasteiger partial charge in [-0.2, -0.15) is 10.2 Å². The van der Waals surface area contributed by atoms with Gasteiger partial charge in [0.05, 0.1) is 12.4 Å². The Morgan fingerprint density at radius 2 is 1.07 bits per heavy atom. The molecule has 0 aliphatic carbocycles. The van der Waals surface area contributed by atoms with Crippen LogP contribution in [0.1, 0.15) is 31.8 Å². The molecule has 0 aliphatic rings. The fourth-order valence-corrected chi connectivity index (χ4v) is 3.19. The second kappa shape index (κ2) is 10.6. The molecule has 8 heteroatoms. The summed E-state index contributed by atoms with van der Waals surface area (Å²) in [6, 6.07) is 21.4. The molecule has 6 nitrogen and oxygen atoms in total. The highest BCUT2D eigenvalue weighted by Crippen LogP contribution is 2.12. The SMILES string of the molecule is O=C(NN=Cc1ccc(C=NNC(=O)c2cccc(Br)c2)cc1)c1cccc(Br)c1. The van der Waals surface area contributed by atoms with Crippen molar-refractivity contribution < 1.29 is 9.59 Å². The van der Waals surface area contributed by atoms with Crippen LogP contribution in [0.4, 0.5) is 0 Å². The zero-order chi connectivity index (χ0) is 21.3. The lowest BCUT2D eigenvalue weighted by Crippen LogP contribution is -2.17. The van der Waals surface area contributed by atoms with E-state index in [1.165, 1.54) is 0 Å². The Labute approximate surface area is 190 Å². The molecule has 0 aromatic heterocycles. The van der Waals surface area contributed by atoms with Gasteiger partial charge in [-0.3, -0.25) is 9.59 Å². The van der Waals surface area contributed by atoms with Crippen molar-refractivity contribution in [3.05, 3.63) is 104 Å². The van der Waals surface area contributed by atoms with Gasteiger partial charge in [-0.05, 0) is 47.5 Å². The summed E-state index contributed by atoms with van der Waals surface area (Å²) in [4.78, 5) is 24.1.